The lowest BCUT2D eigenvalue weighted by Gasteiger charge is -2.10. The topological polar surface area (TPSA) is 84.2 Å². The Balaban J connectivity index is 0.00000180. The Kier molecular flexibility index (Phi) is 5.79. The maximum Gasteiger partial charge on any atom is 0.253 e. The molecule has 0 unspecified atom stereocenters. The summed E-state index contributed by atoms with van der Waals surface area (Å²) in [6.07, 6.45) is 2.32. The molecule has 0 heterocycles. The van der Waals surface area contributed by atoms with Crippen molar-refractivity contribution in [2.75, 3.05) is 11.9 Å². The number of anilines is 1. The highest BCUT2D eigenvalue weighted by atomic mass is 35.5. The second-order valence-electron chi connectivity index (χ2n) is 4.38. The van der Waals surface area contributed by atoms with Gasteiger partial charge in [0.1, 0.15) is 0 Å². The van der Waals surface area contributed by atoms with Crippen molar-refractivity contribution in [2.45, 2.75) is 25.3 Å². The number of amides is 2. The minimum Gasteiger partial charge on any atom is -0.349 e. The van der Waals surface area contributed by atoms with Gasteiger partial charge in [-0.05, 0) is 25.0 Å². The Morgan fingerprint density at radius 1 is 1.26 bits per heavy atom. The highest BCUT2D eigenvalue weighted by Gasteiger charge is 2.24. The van der Waals surface area contributed by atoms with Crippen LogP contribution in [-0.4, -0.2) is 24.4 Å². The third-order valence-corrected chi connectivity index (χ3v) is 2.73. The zero-order chi connectivity index (χ0) is 13.0. The van der Waals surface area contributed by atoms with Gasteiger partial charge in [-0.3, -0.25) is 9.59 Å². The lowest BCUT2D eigenvalue weighted by atomic mass is 10.1. The summed E-state index contributed by atoms with van der Waals surface area (Å²) in [6.45, 7) is 0.294. The highest BCUT2D eigenvalue weighted by Crippen LogP contribution is 2.21. The molecule has 2 rings (SSSR count). The molecule has 6 heteroatoms. The van der Waals surface area contributed by atoms with Crippen LogP contribution in [0, 0.1) is 0 Å². The fourth-order valence-corrected chi connectivity index (χ4v) is 1.62. The van der Waals surface area contributed by atoms with Crippen LogP contribution in [0.4, 0.5) is 5.69 Å². The first-order chi connectivity index (χ1) is 8.70. The first-order valence-corrected chi connectivity index (χ1v) is 6.10. The summed E-state index contributed by atoms with van der Waals surface area (Å²) in [5.74, 6) is -0.315. The molecule has 0 atom stereocenters. The SMILES string of the molecule is Cl.NCCC(=O)Nc1ccccc1C(=O)NC1CC1. The smallest absolute Gasteiger partial charge is 0.253 e. The molecule has 0 saturated heterocycles. The van der Waals surface area contributed by atoms with Gasteiger partial charge in [-0.1, -0.05) is 12.1 Å². The van der Waals surface area contributed by atoms with Crippen molar-refractivity contribution in [3.8, 4) is 0 Å². The monoisotopic (exact) mass is 283 g/mol. The van der Waals surface area contributed by atoms with Gasteiger partial charge in [-0.25, -0.2) is 0 Å². The van der Waals surface area contributed by atoms with Crippen LogP contribution >= 0.6 is 12.4 Å². The number of carbonyl (C=O) groups excluding carboxylic acids is 2. The van der Waals surface area contributed by atoms with Crippen molar-refractivity contribution in [1.29, 1.82) is 0 Å². The number of hydrogen-bond acceptors (Lipinski definition) is 3. The van der Waals surface area contributed by atoms with Crippen molar-refractivity contribution < 1.29 is 9.59 Å². The van der Waals surface area contributed by atoms with Crippen molar-refractivity contribution in [3.05, 3.63) is 29.8 Å². The van der Waals surface area contributed by atoms with Crippen molar-refractivity contribution >= 4 is 29.9 Å². The average Bonchev–Trinajstić information content (AvgIpc) is 3.14. The molecule has 1 aromatic carbocycles. The van der Waals surface area contributed by atoms with Crippen LogP contribution in [0.5, 0.6) is 0 Å². The van der Waals surface area contributed by atoms with E-state index in [0.29, 0.717) is 23.8 Å². The van der Waals surface area contributed by atoms with Gasteiger partial charge >= 0.3 is 0 Å². The fourth-order valence-electron chi connectivity index (χ4n) is 1.62. The number of nitrogens with one attached hydrogen (secondary N) is 2. The van der Waals surface area contributed by atoms with E-state index in [9.17, 15) is 9.59 Å². The number of nitrogens with two attached hydrogens (primary N) is 1. The van der Waals surface area contributed by atoms with Gasteiger partial charge in [0.15, 0.2) is 0 Å². The predicted molar refractivity (Wildman–Crippen MR) is 76.5 cm³/mol. The first kappa shape index (κ1) is 15.5. The summed E-state index contributed by atoms with van der Waals surface area (Å²) in [6, 6.07) is 7.28. The molecule has 19 heavy (non-hydrogen) atoms. The van der Waals surface area contributed by atoms with Gasteiger partial charge in [0.05, 0.1) is 11.3 Å². The van der Waals surface area contributed by atoms with Crippen LogP contribution in [-0.2, 0) is 4.79 Å². The molecule has 1 saturated carbocycles. The van der Waals surface area contributed by atoms with Crippen LogP contribution in [0.25, 0.3) is 0 Å². The van der Waals surface area contributed by atoms with E-state index in [1.165, 1.54) is 0 Å². The zero-order valence-electron chi connectivity index (χ0n) is 10.5. The molecule has 2 amide bonds. The van der Waals surface area contributed by atoms with Gasteiger partial charge < -0.3 is 16.4 Å². The molecule has 1 aliphatic carbocycles. The van der Waals surface area contributed by atoms with Gasteiger partial charge in [0.2, 0.25) is 5.91 Å². The minimum atomic E-state index is -0.177. The van der Waals surface area contributed by atoms with Gasteiger partial charge in [-0.15, -0.1) is 12.4 Å². The van der Waals surface area contributed by atoms with E-state index in [4.69, 9.17) is 5.73 Å². The molecule has 0 spiro atoms. The van der Waals surface area contributed by atoms with Crippen LogP contribution < -0.4 is 16.4 Å². The number of benzene rings is 1. The largest absolute Gasteiger partial charge is 0.349 e. The molecule has 5 nitrogen and oxygen atoms in total. The Morgan fingerprint density at radius 2 is 1.95 bits per heavy atom. The molecular formula is C13H18ClN3O2. The molecule has 1 fully saturated rings. The third kappa shape index (κ3) is 4.54. The van der Waals surface area contributed by atoms with Crippen LogP contribution in [0.3, 0.4) is 0 Å². The molecule has 104 valence electrons. The Labute approximate surface area is 118 Å². The van der Waals surface area contributed by atoms with E-state index < -0.39 is 0 Å². The second kappa shape index (κ2) is 7.11. The summed E-state index contributed by atoms with van der Waals surface area (Å²) < 4.78 is 0. The van der Waals surface area contributed by atoms with E-state index in [0.717, 1.165) is 12.8 Å². The standard InChI is InChI=1S/C13H17N3O2.ClH/c14-8-7-12(17)16-11-4-2-1-3-10(11)13(18)15-9-5-6-9;/h1-4,9H,5-8,14H2,(H,15,18)(H,16,17);1H. The average molecular weight is 284 g/mol. The maximum atomic E-state index is 12.0. The molecule has 0 aliphatic heterocycles. The maximum absolute atomic E-state index is 12.0. The number of para-hydroxylation sites is 1. The molecular weight excluding hydrogens is 266 g/mol. The second-order valence-corrected chi connectivity index (χ2v) is 4.38. The van der Waals surface area contributed by atoms with Crippen LogP contribution in [0.15, 0.2) is 24.3 Å². The molecule has 1 aromatic rings. The van der Waals surface area contributed by atoms with Crippen LogP contribution in [0.1, 0.15) is 29.6 Å². The van der Waals surface area contributed by atoms with E-state index in [-0.39, 0.29) is 30.6 Å². The van der Waals surface area contributed by atoms with Crippen molar-refractivity contribution in [2.24, 2.45) is 5.73 Å². The van der Waals surface area contributed by atoms with E-state index in [2.05, 4.69) is 10.6 Å². The van der Waals surface area contributed by atoms with E-state index in [1.54, 1.807) is 24.3 Å². The normalized spacial score (nSPS) is 13.3. The molecule has 1 aliphatic rings. The third-order valence-electron chi connectivity index (χ3n) is 2.73. The lowest BCUT2D eigenvalue weighted by molar-refractivity contribution is -0.116. The number of carbonyl (C=O) groups is 2. The number of rotatable bonds is 5. The molecule has 0 aromatic heterocycles. The van der Waals surface area contributed by atoms with E-state index >= 15 is 0 Å². The quantitative estimate of drug-likeness (QED) is 0.761. The van der Waals surface area contributed by atoms with Crippen molar-refractivity contribution in [3.63, 3.8) is 0 Å². The zero-order valence-corrected chi connectivity index (χ0v) is 11.3. The highest BCUT2D eigenvalue weighted by molar-refractivity contribution is 6.03. The van der Waals surface area contributed by atoms with E-state index in [1.807, 2.05) is 0 Å². The fraction of sp³-hybridized carbons (Fsp3) is 0.385. The molecule has 0 bridgehead atoms. The van der Waals surface area contributed by atoms with Gasteiger partial charge in [-0.2, -0.15) is 0 Å². The molecule has 0 radical (unpaired) electrons. The lowest BCUT2D eigenvalue weighted by Crippen LogP contribution is -2.27. The summed E-state index contributed by atoms with van der Waals surface area (Å²) in [5.41, 5.74) is 6.35. The number of hydrogen-bond donors (Lipinski definition) is 3. The van der Waals surface area contributed by atoms with Crippen LogP contribution in [0.2, 0.25) is 0 Å². The Bertz CT molecular complexity index is 461. The summed E-state index contributed by atoms with van der Waals surface area (Å²) in [7, 11) is 0. The van der Waals surface area contributed by atoms with Crippen molar-refractivity contribution in [1.82, 2.24) is 5.32 Å². The predicted octanol–water partition coefficient (Wildman–Crippen LogP) is 1.29. The van der Waals surface area contributed by atoms with Gasteiger partial charge in [0.25, 0.3) is 5.91 Å². The number of halogens is 1. The Hall–Kier alpha value is -1.59. The molecule has 4 N–H and O–H groups in total. The summed E-state index contributed by atoms with van der Waals surface area (Å²) in [4.78, 5) is 23.5. The first-order valence-electron chi connectivity index (χ1n) is 6.10. The summed E-state index contributed by atoms with van der Waals surface area (Å²) >= 11 is 0. The Morgan fingerprint density at radius 3 is 2.58 bits per heavy atom. The van der Waals surface area contributed by atoms with Gasteiger partial charge in [0, 0.05) is 19.0 Å². The summed E-state index contributed by atoms with van der Waals surface area (Å²) in [5, 5.41) is 5.61. The minimum absolute atomic E-state index is 0.